The van der Waals surface area contributed by atoms with Crippen molar-refractivity contribution in [2.75, 3.05) is 15.9 Å². The van der Waals surface area contributed by atoms with E-state index in [4.69, 9.17) is 10.5 Å². The Kier molecular flexibility index (Phi) is 6.22. The van der Waals surface area contributed by atoms with Crippen LogP contribution in [0, 0.1) is 5.82 Å². The van der Waals surface area contributed by atoms with Gasteiger partial charge in [-0.1, -0.05) is 0 Å². The summed E-state index contributed by atoms with van der Waals surface area (Å²) in [5.41, 5.74) is 4.50. The number of hydrogen-bond donors (Lipinski definition) is 3. The Balaban J connectivity index is 1.59. The summed E-state index contributed by atoms with van der Waals surface area (Å²) in [6, 6.07) is 10.7. The summed E-state index contributed by atoms with van der Waals surface area (Å²) in [5.74, 6) is -0.413. The van der Waals surface area contributed by atoms with E-state index in [0.717, 1.165) is 6.26 Å². The molecule has 0 saturated heterocycles. The first-order valence-corrected chi connectivity index (χ1v) is 11.9. The van der Waals surface area contributed by atoms with Crippen molar-refractivity contribution in [2.45, 2.75) is 6.18 Å². The number of hydrogen-bond acceptors (Lipinski definition) is 5. The van der Waals surface area contributed by atoms with E-state index in [9.17, 15) is 30.8 Å². The first-order valence-electron chi connectivity index (χ1n) is 10.0. The van der Waals surface area contributed by atoms with Gasteiger partial charge in [0.25, 0.3) is 0 Å². The topological polar surface area (TPSA) is 130 Å². The zero-order chi connectivity index (χ0) is 26.3. The number of carbonyl (C=O) groups is 1. The standard InChI is InChI=1S/C22H17F4N5O4S/c1-36(33,34)30-21-28-17-9-7-15(11-18(17)29-21)35-14-5-3-13(4-6-14)31(20(27)32)19-10-12(22(24,25)26)2-8-16(19)23/h2-11H,1H3,(H2,27,32)(H2,28,29,30). The predicted octanol–water partition coefficient (Wildman–Crippen LogP) is 5.10. The second-order valence-electron chi connectivity index (χ2n) is 7.57. The van der Waals surface area contributed by atoms with Crippen molar-refractivity contribution in [1.29, 1.82) is 0 Å². The van der Waals surface area contributed by atoms with E-state index in [1.165, 1.54) is 24.3 Å². The highest BCUT2D eigenvalue weighted by Gasteiger charge is 2.32. The number of carbonyl (C=O) groups excluding carboxylic acids is 1. The molecule has 0 aliphatic rings. The van der Waals surface area contributed by atoms with Crippen LogP contribution < -0.4 is 20.1 Å². The molecule has 4 rings (SSSR count). The Bertz CT molecular complexity index is 1550. The number of primary amides is 1. The smallest absolute Gasteiger partial charge is 0.416 e. The van der Waals surface area contributed by atoms with Gasteiger partial charge in [0.05, 0.1) is 34.2 Å². The number of rotatable bonds is 6. The van der Waals surface area contributed by atoms with E-state index in [-0.39, 0.29) is 17.4 Å². The van der Waals surface area contributed by atoms with E-state index in [1.807, 2.05) is 0 Å². The molecule has 1 aromatic heterocycles. The molecule has 36 heavy (non-hydrogen) atoms. The highest BCUT2D eigenvalue weighted by atomic mass is 32.2. The number of imidazole rings is 1. The summed E-state index contributed by atoms with van der Waals surface area (Å²) < 4.78 is 84.3. The predicted molar refractivity (Wildman–Crippen MR) is 124 cm³/mol. The number of urea groups is 1. The first kappa shape index (κ1) is 24.8. The van der Waals surface area contributed by atoms with Gasteiger partial charge in [-0.2, -0.15) is 13.2 Å². The Labute approximate surface area is 201 Å². The monoisotopic (exact) mass is 523 g/mol. The van der Waals surface area contributed by atoms with Gasteiger partial charge in [0.2, 0.25) is 16.0 Å². The lowest BCUT2D eigenvalue weighted by Crippen LogP contribution is -2.32. The van der Waals surface area contributed by atoms with E-state index >= 15 is 0 Å². The van der Waals surface area contributed by atoms with Crippen LogP contribution in [-0.4, -0.2) is 30.7 Å². The third-order valence-electron chi connectivity index (χ3n) is 4.80. The number of alkyl halides is 3. The second-order valence-corrected chi connectivity index (χ2v) is 9.32. The van der Waals surface area contributed by atoms with Gasteiger partial charge in [-0.05, 0) is 54.6 Å². The molecule has 0 aliphatic carbocycles. The number of nitrogens with one attached hydrogen (secondary N) is 2. The van der Waals surface area contributed by atoms with Crippen LogP contribution in [-0.2, 0) is 16.2 Å². The van der Waals surface area contributed by atoms with Crippen LogP contribution >= 0.6 is 0 Å². The quantitative estimate of drug-likeness (QED) is 0.303. The first-order chi connectivity index (χ1) is 16.8. The Morgan fingerprint density at radius 2 is 1.72 bits per heavy atom. The van der Waals surface area contributed by atoms with Gasteiger partial charge in [-0.3, -0.25) is 9.62 Å². The van der Waals surface area contributed by atoms with Crippen LogP contribution in [0.25, 0.3) is 11.0 Å². The van der Waals surface area contributed by atoms with Crippen molar-refractivity contribution >= 4 is 44.4 Å². The van der Waals surface area contributed by atoms with Gasteiger partial charge in [-0.25, -0.2) is 22.6 Å². The van der Waals surface area contributed by atoms with Crippen molar-refractivity contribution in [3.63, 3.8) is 0 Å². The van der Waals surface area contributed by atoms with Crippen molar-refractivity contribution in [1.82, 2.24) is 9.97 Å². The molecule has 2 amide bonds. The molecule has 9 nitrogen and oxygen atoms in total. The van der Waals surface area contributed by atoms with E-state index in [0.29, 0.717) is 39.9 Å². The van der Waals surface area contributed by atoms with Crippen molar-refractivity contribution < 1.29 is 35.5 Å². The van der Waals surface area contributed by atoms with Crippen molar-refractivity contribution in [3.8, 4) is 11.5 Å². The van der Waals surface area contributed by atoms with Gasteiger partial charge in [-0.15, -0.1) is 0 Å². The molecule has 188 valence electrons. The highest BCUT2D eigenvalue weighted by Crippen LogP contribution is 2.36. The molecule has 14 heteroatoms. The number of nitrogens with zero attached hydrogens (tertiary/aromatic N) is 2. The minimum atomic E-state index is -4.75. The molecule has 0 unspecified atom stereocenters. The summed E-state index contributed by atoms with van der Waals surface area (Å²) in [5, 5.41) is 0. The third-order valence-corrected chi connectivity index (χ3v) is 5.36. The molecular formula is C22H17F4N5O4S. The average Bonchev–Trinajstić information content (AvgIpc) is 3.15. The average molecular weight is 523 g/mol. The van der Waals surface area contributed by atoms with E-state index < -0.39 is 39.3 Å². The molecule has 0 aliphatic heterocycles. The van der Waals surface area contributed by atoms with Gasteiger partial charge >= 0.3 is 12.2 Å². The van der Waals surface area contributed by atoms with Gasteiger partial charge in [0.15, 0.2) is 0 Å². The summed E-state index contributed by atoms with van der Waals surface area (Å²) in [6.07, 6.45) is -3.76. The molecule has 0 atom stereocenters. The second kappa shape index (κ2) is 9.03. The number of aromatic nitrogens is 2. The fraction of sp³-hybridized carbons (Fsp3) is 0.0909. The van der Waals surface area contributed by atoms with E-state index in [1.54, 1.807) is 18.2 Å². The molecule has 0 saturated carbocycles. The lowest BCUT2D eigenvalue weighted by molar-refractivity contribution is -0.137. The molecular weight excluding hydrogens is 506 g/mol. The molecule has 4 N–H and O–H groups in total. The van der Waals surface area contributed by atoms with Crippen LogP contribution in [0.3, 0.4) is 0 Å². The lowest BCUT2D eigenvalue weighted by Gasteiger charge is -2.22. The maximum absolute atomic E-state index is 14.4. The zero-order valence-electron chi connectivity index (χ0n) is 18.3. The number of sulfonamides is 1. The number of ether oxygens (including phenoxy) is 1. The van der Waals surface area contributed by atoms with Gasteiger partial charge < -0.3 is 15.5 Å². The zero-order valence-corrected chi connectivity index (χ0v) is 19.1. The maximum Gasteiger partial charge on any atom is 0.416 e. The summed E-state index contributed by atoms with van der Waals surface area (Å²) >= 11 is 0. The van der Waals surface area contributed by atoms with E-state index in [2.05, 4.69) is 14.7 Å². The summed E-state index contributed by atoms with van der Waals surface area (Å²) in [4.78, 5) is 19.5. The van der Waals surface area contributed by atoms with Crippen LogP contribution in [0.15, 0.2) is 60.7 Å². The number of H-pyrrole nitrogens is 1. The Morgan fingerprint density at radius 1 is 1.06 bits per heavy atom. The highest BCUT2D eigenvalue weighted by molar-refractivity contribution is 7.92. The molecule has 3 aromatic carbocycles. The molecule has 0 fully saturated rings. The lowest BCUT2D eigenvalue weighted by atomic mass is 10.1. The number of anilines is 3. The Hall–Kier alpha value is -4.33. The van der Waals surface area contributed by atoms with Crippen LogP contribution in [0.5, 0.6) is 11.5 Å². The number of halogens is 4. The minimum absolute atomic E-state index is 0.00795. The molecule has 1 heterocycles. The summed E-state index contributed by atoms with van der Waals surface area (Å²) in [6.45, 7) is 0. The van der Waals surface area contributed by atoms with Crippen molar-refractivity contribution in [2.24, 2.45) is 5.73 Å². The Morgan fingerprint density at radius 3 is 2.33 bits per heavy atom. The van der Waals surface area contributed by atoms with Gasteiger partial charge in [0.1, 0.15) is 17.3 Å². The third kappa shape index (κ3) is 5.49. The minimum Gasteiger partial charge on any atom is -0.457 e. The SMILES string of the molecule is CS(=O)(=O)Nc1nc2ccc(Oc3ccc(N(C(N)=O)c4cc(C(F)(F)F)ccc4F)cc3)cc2[nH]1. The number of amides is 2. The number of fused-ring (bicyclic) bond motifs is 1. The normalized spacial score (nSPS) is 11.9. The fourth-order valence-electron chi connectivity index (χ4n) is 3.32. The fourth-order valence-corrected chi connectivity index (χ4v) is 3.77. The molecule has 4 aromatic rings. The largest absolute Gasteiger partial charge is 0.457 e. The van der Waals surface area contributed by atoms with Crippen molar-refractivity contribution in [3.05, 3.63) is 72.0 Å². The van der Waals surface area contributed by atoms with Crippen LogP contribution in [0.1, 0.15) is 5.56 Å². The summed E-state index contributed by atoms with van der Waals surface area (Å²) in [7, 11) is -3.52. The molecule has 0 spiro atoms. The molecule has 0 radical (unpaired) electrons. The number of nitrogens with two attached hydrogens (primary N) is 1. The van der Waals surface area contributed by atoms with Crippen LogP contribution in [0.4, 0.5) is 39.7 Å². The molecule has 0 bridgehead atoms. The maximum atomic E-state index is 14.4. The number of benzene rings is 3. The van der Waals surface area contributed by atoms with Gasteiger partial charge in [0, 0.05) is 6.07 Å². The number of aromatic amines is 1. The van der Waals surface area contributed by atoms with Crippen LogP contribution in [0.2, 0.25) is 0 Å².